The highest BCUT2D eigenvalue weighted by atomic mass is 79.9. The van der Waals surface area contributed by atoms with E-state index < -0.39 is 11.8 Å². The zero-order valence-corrected chi connectivity index (χ0v) is 18.9. The van der Waals surface area contributed by atoms with Gasteiger partial charge in [0.25, 0.3) is 5.91 Å². The van der Waals surface area contributed by atoms with Gasteiger partial charge in [0.1, 0.15) is 11.5 Å². The normalized spacial score (nSPS) is 10.4. The molecule has 0 unspecified atom stereocenters. The standard InChI is InChI=1S/C21H22BrN3O4S/c1-3-28-17-8-4-15(5-9-17)6-11-19(26)23-21(30)25-24-20(27)13-29-18-10-7-16(22)12-14(18)2/h4-12H,3,13H2,1-2H3,(H,24,27)(H2,23,25,26,30)/b11-6+. The molecule has 0 spiro atoms. The molecule has 0 aliphatic heterocycles. The highest BCUT2D eigenvalue weighted by molar-refractivity contribution is 9.10. The number of hydrazine groups is 1. The van der Waals surface area contributed by atoms with E-state index in [1.165, 1.54) is 6.08 Å². The Morgan fingerprint density at radius 1 is 1.10 bits per heavy atom. The number of carbonyl (C=O) groups excluding carboxylic acids is 2. The molecule has 0 heterocycles. The number of amides is 2. The van der Waals surface area contributed by atoms with Gasteiger partial charge in [0.05, 0.1) is 6.61 Å². The third-order valence-corrected chi connectivity index (χ3v) is 4.36. The predicted molar refractivity (Wildman–Crippen MR) is 123 cm³/mol. The smallest absolute Gasteiger partial charge is 0.276 e. The molecule has 0 radical (unpaired) electrons. The lowest BCUT2D eigenvalue weighted by Crippen LogP contribution is -2.49. The molecule has 0 atom stereocenters. The van der Waals surface area contributed by atoms with Crippen LogP contribution in [0.25, 0.3) is 6.08 Å². The van der Waals surface area contributed by atoms with Crippen molar-refractivity contribution in [3.8, 4) is 11.5 Å². The van der Waals surface area contributed by atoms with Crippen LogP contribution in [0.2, 0.25) is 0 Å². The summed E-state index contributed by atoms with van der Waals surface area (Å²) in [6, 6.07) is 12.8. The van der Waals surface area contributed by atoms with Crippen molar-refractivity contribution in [2.24, 2.45) is 0 Å². The van der Waals surface area contributed by atoms with E-state index in [0.717, 1.165) is 21.3 Å². The lowest BCUT2D eigenvalue weighted by Gasteiger charge is -2.11. The van der Waals surface area contributed by atoms with Crippen LogP contribution in [0.3, 0.4) is 0 Å². The van der Waals surface area contributed by atoms with Gasteiger partial charge in [-0.2, -0.15) is 0 Å². The fourth-order valence-electron chi connectivity index (χ4n) is 2.28. The maximum absolute atomic E-state index is 11.9. The molecule has 0 aromatic heterocycles. The fraction of sp³-hybridized carbons (Fsp3) is 0.190. The van der Waals surface area contributed by atoms with Crippen molar-refractivity contribution in [3.05, 3.63) is 64.1 Å². The second kappa shape index (κ2) is 11.9. The quantitative estimate of drug-likeness (QED) is 0.313. The highest BCUT2D eigenvalue weighted by Gasteiger charge is 2.07. The number of aryl methyl sites for hydroxylation is 1. The van der Waals surface area contributed by atoms with Gasteiger partial charge in [-0.05, 0) is 73.6 Å². The molecule has 30 heavy (non-hydrogen) atoms. The van der Waals surface area contributed by atoms with Crippen molar-refractivity contribution < 1.29 is 19.1 Å². The topological polar surface area (TPSA) is 88.7 Å². The van der Waals surface area contributed by atoms with Crippen molar-refractivity contribution in [1.29, 1.82) is 0 Å². The van der Waals surface area contributed by atoms with Crippen LogP contribution in [0, 0.1) is 6.92 Å². The first-order chi connectivity index (χ1) is 14.4. The average molecular weight is 492 g/mol. The van der Waals surface area contributed by atoms with Crippen LogP contribution >= 0.6 is 28.1 Å². The monoisotopic (exact) mass is 491 g/mol. The lowest BCUT2D eigenvalue weighted by molar-refractivity contribution is -0.123. The molecular weight excluding hydrogens is 470 g/mol. The number of carbonyl (C=O) groups is 2. The summed E-state index contributed by atoms with van der Waals surface area (Å²) in [6.07, 6.45) is 2.98. The maximum Gasteiger partial charge on any atom is 0.276 e. The minimum atomic E-state index is -0.446. The molecule has 158 valence electrons. The number of rotatable bonds is 7. The van der Waals surface area contributed by atoms with Crippen molar-refractivity contribution in [1.82, 2.24) is 16.2 Å². The van der Waals surface area contributed by atoms with E-state index >= 15 is 0 Å². The third-order valence-electron chi connectivity index (χ3n) is 3.67. The number of thiocarbonyl (C=S) groups is 1. The van der Waals surface area contributed by atoms with Crippen LogP contribution in [-0.2, 0) is 9.59 Å². The van der Waals surface area contributed by atoms with Gasteiger partial charge >= 0.3 is 0 Å². The Hall–Kier alpha value is -2.91. The second-order valence-electron chi connectivity index (χ2n) is 6.03. The van der Waals surface area contributed by atoms with E-state index in [2.05, 4.69) is 32.1 Å². The van der Waals surface area contributed by atoms with Crippen LogP contribution in [0.1, 0.15) is 18.1 Å². The lowest BCUT2D eigenvalue weighted by atomic mass is 10.2. The highest BCUT2D eigenvalue weighted by Crippen LogP contribution is 2.21. The summed E-state index contributed by atoms with van der Waals surface area (Å²) in [6.45, 7) is 4.17. The minimum absolute atomic E-state index is 0.0375. The Bertz CT molecular complexity index is 932. The zero-order chi connectivity index (χ0) is 21.9. The molecule has 7 nitrogen and oxygen atoms in total. The number of benzene rings is 2. The van der Waals surface area contributed by atoms with E-state index in [9.17, 15) is 9.59 Å². The van der Waals surface area contributed by atoms with E-state index in [0.29, 0.717) is 12.4 Å². The zero-order valence-electron chi connectivity index (χ0n) is 16.5. The number of nitrogens with one attached hydrogen (secondary N) is 3. The maximum atomic E-state index is 11.9. The first-order valence-electron chi connectivity index (χ1n) is 9.07. The predicted octanol–water partition coefficient (Wildman–Crippen LogP) is 3.27. The molecule has 9 heteroatoms. The summed E-state index contributed by atoms with van der Waals surface area (Å²) in [4.78, 5) is 23.8. The molecule has 0 aliphatic rings. The van der Waals surface area contributed by atoms with Gasteiger partial charge < -0.3 is 9.47 Å². The number of ether oxygens (including phenoxy) is 2. The number of hydrogen-bond acceptors (Lipinski definition) is 5. The number of hydrogen-bond donors (Lipinski definition) is 3. The van der Waals surface area contributed by atoms with Gasteiger partial charge in [0.15, 0.2) is 11.7 Å². The van der Waals surface area contributed by atoms with Gasteiger partial charge in [0, 0.05) is 10.5 Å². The van der Waals surface area contributed by atoms with Gasteiger partial charge in [-0.25, -0.2) is 0 Å². The average Bonchev–Trinajstić information content (AvgIpc) is 2.71. The molecule has 0 fully saturated rings. The van der Waals surface area contributed by atoms with Gasteiger partial charge in [0.2, 0.25) is 5.91 Å². The van der Waals surface area contributed by atoms with E-state index in [-0.39, 0.29) is 11.7 Å². The van der Waals surface area contributed by atoms with Crippen LogP contribution in [0.15, 0.2) is 53.0 Å². The van der Waals surface area contributed by atoms with Crippen molar-refractivity contribution in [3.63, 3.8) is 0 Å². The summed E-state index contributed by atoms with van der Waals surface area (Å²) >= 11 is 8.35. The van der Waals surface area contributed by atoms with Crippen LogP contribution in [0.4, 0.5) is 0 Å². The SMILES string of the molecule is CCOc1ccc(/C=C/C(=O)NC(=S)NNC(=O)COc2ccc(Br)cc2C)cc1. The van der Waals surface area contributed by atoms with Crippen LogP contribution < -0.4 is 25.6 Å². The molecule has 2 aromatic carbocycles. The van der Waals surface area contributed by atoms with Gasteiger partial charge in [-0.3, -0.25) is 25.8 Å². The van der Waals surface area contributed by atoms with Crippen molar-refractivity contribution in [2.45, 2.75) is 13.8 Å². The Morgan fingerprint density at radius 2 is 1.83 bits per heavy atom. The van der Waals surface area contributed by atoms with E-state index in [1.54, 1.807) is 12.1 Å². The first-order valence-corrected chi connectivity index (χ1v) is 10.3. The molecule has 0 saturated heterocycles. The molecular formula is C21H22BrN3O4S. The molecule has 2 amide bonds. The third kappa shape index (κ3) is 8.22. The Morgan fingerprint density at radius 3 is 2.50 bits per heavy atom. The first kappa shape index (κ1) is 23.4. The molecule has 2 aromatic rings. The van der Waals surface area contributed by atoms with Crippen molar-refractivity contribution >= 4 is 51.2 Å². The molecule has 2 rings (SSSR count). The van der Waals surface area contributed by atoms with Crippen LogP contribution in [-0.4, -0.2) is 30.1 Å². The Kier molecular flexibility index (Phi) is 9.30. The van der Waals surface area contributed by atoms with Gasteiger partial charge in [-0.15, -0.1) is 0 Å². The summed E-state index contributed by atoms with van der Waals surface area (Å²) in [5.74, 6) is 0.486. The molecule has 3 N–H and O–H groups in total. The minimum Gasteiger partial charge on any atom is -0.494 e. The largest absolute Gasteiger partial charge is 0.494 e. The molecule has 0 bridgehead atoms. The van der Waals surface area contributed by atoms with Gasteiger partial charge in [-0.1, -0.05) is 28.1 Å². The number of halogens is 1. The summed E-state index contributed by atoms with van der Waals surface area (Å²) in [5.41, 5.74) is 6.55. The van der Waals surface area contributed by atoms with E-state index in [4.69, 9.17) is 21.7 Å². The molecule has 0 saturated carbocycles. The Balaban J connectivity index is 1.71. The van der Waals surface area contributed by atoms with Crippen molar-refractivity contribution in [2.75, 3.05) is 13.2 Å². The second-order valence-corrected chi connectivity index (χ2v) is 7.35. The summed E-state index contributed by atoms with van der Waals surface area (Å²) in [7, 11) is 0. The molecule has 0 aliphatic carbocycles. The summed E-state index contributed by atoms with van der Waals surface area (Å²) in [5, 5.41) is 2.40. The summed E-state index contributed by atoms with van der Waals surface area (Å²) < 4.78 is 11.7. The van der Waals surface area contributed by atoms with Crippen LogP contribution in [0.5, 0.6) is 11.5 Å². The fourth-order valence-corrected chi connectivity index (χ4v) is 2.91. The van der Waals surface area contributed by atoms with E-state index in [1.807, 2.05) is 50.2 Å². The Labute approximate surface area is 188 Å².